The van der Waals surface area contributed by atoms with Gasteiger partial charge in [0.1, 0.15) is 5.54 Å². The zero-order chi connectivity index (χ0) is 15.0. The zero-order valence-corrected chi connectivity index (χ0v) is 13.3. The lowest BCUT2D eigenvalue weighted by molar-refractivity contribution is 0.0892. The molecule has 1 amide bonds. The van der Waals surface area contributed by atoms with Gasteiger partial charge in [-0.05, 0) is 32.8 Å². The highest BCUT2D eigenvalue weighted by Crippen LogP contribution is 2.37. The SMILES string of the molecule is Cc1nc(C2(NC(=O)c3cc(C)sc3C)CCCC2)no1. The van der Waals surface area contributed by atoms with E-state index in [0.29, 0.717) is 11.7 Å². The normalized spacial score (nSPS) is 17.1. The molecule has 5 nitrogen and oxygen atoms in total. The number of nitrogens with one attached hydrogen (secondary N) is 1. The van der Waals surface area contributed by atoms with Gasteiger partial charge in [0.15, 0.2) is 5.82 Å². The Labute approximate surface area is 127 Å². The second kappa shape index (κ2) is 5.26. The summed E-state index contributed by atoms with van der Waals surface area (Å²) in [5.74, 6) is 1.10. The van der Waals surface area contributed by atoms with Crippen molar-refractivity contribution < 1.29 is 9.32 Å². The Morgan fingerprint density at radius 1 is 1.33 bits per heavy atom. The molecule has 6 heteroatoms. The van der Waals surface area contributed by atoms with Gasteiger partial charge in [-0.15, -0.1) is 11.3 Å². The first-order valence-electron chi connectivity index (χ1n) is 7.20. The molecule has 1 saturated carbocycles. The second-order valence-electron chi connectivity index (χ2n) is 5.71. The first-order chi connectivity index (χ1) is 10.00. The van der Waals surface area contributed by atoms with E-state index in [4.69, 9.17) is 4.52 Å². The van der Waals surface area contributed by atoms with Crippen molar-refractivity contribution in [3.8, 4) is 0 Å². The average molecular weight is 305 g/mol. The van der Waals surface area contributed by atoms with E-state index in [-0.39, 0.29) is 5.91 Å². The van der Waals surface area contributed by atoms with Crippen molar-refractivity contribution in [3.05, 3.63) is 33.1 Å². The van der Waals surface area contributed by atoms with Gasteiger partial charge in [0.25, 0.3) is 5.91 Å². The monoisotopic (exact) mass is 305 g/mol. The molecular formula is C15H19N3O2S. The van der Waals surface area contributed by atoms with Crippen molar-refractivity contribution in [2.45, 2.75) is 52.0 Å². The lowest BCUT2D eigenvalue weighted by Crippen LogP contribution is -2.44. The molecule has 2 aromatic rings. The van der Waals surface area contributed by atoms with Crippen LogP contribution in [0.25, 0.3) is 0 Å². The lowest BCUT2D eigenvalue weighted by atomic mass is 9.96. The summed E-state index contributed by atoms with van der Waals surface area (Å²) in [7, 11) is 0. The summed E-state index contributed by atoms with van der Waals surface area (Å²) in [6, 6.07) is 1.94. The van der Waals surface area contributed by atoms with E-state index in [0.717, 1.165) is 41.0 Å². The van der Waals surface area contributed by atoms with E-state index in [1.807, 2.05) is 19.9 Å². The van der Waals surface area contributed by atoms with E-state index in [1.165, 1.54) is 0 Å². The predicted molar refractivity (Wildman–Crippen MR) is 80.4 cm³/mol. The third-order valence-corrected chi connectivity index (χ3v) is 5.02. The molecule has 0 saturated heterocycles. The van der Waals surface area contributed by atoms with Crippen LogP contribution in [0.2, 0.25) is 0 Å². The van der Waals surface area contributed by atoms with Crippen LogP contribution in [-0.2, 0) is 5.54 Å². The summed E-state index contributed by atoms with van der Waals surface area (Å²) < 4.78 is 5.11. The number of rotatable bonds is 3. The summed E-state index contributed by atoms with van der Waals surface area (Å²) >= 11 is 1.64. The molecule has 0 spiro atoms. The quantitative estimate of drug-likeness (QED) is 0.945. The summed E-state index contributed by atoms with van der Waals surface area (Å²) in [6.07, 6.45) is 3.85. The molecule has 0 unspecified atom stereocenters. The molecule has 0 aliphatic heterocycles. The molecule has 1 N–H and O–H groups in total. The minimum absolute atomic E-state index is 0.0406. The van der Waals surface area contributed by atoms with Gasteiger partial charge in [-0.2, -0.15) is 4.98 Å². The van der Waals surface area contributed by atoms with Crippen LogP contribution < -0.4 is 5.32 Å². The number of thiophene rings is 1. The number of aryl methyl sites for hydroxylation is 3. The number of amides is 1. The molecule has 21 heavy (non-hydrogen) atoms. The third-order valence-electron chi connectivity index (χ3n) is 4.05. The Bertz CT molecular complexity index is 668. The molecule has 3 rings (SSSR count). The van der Waals surface area contributed by atoms with Crippen LogP contribution in [0.3, 0.4) is 0 Å². The predicted octanol–water partition coefficient (Wildman–Crippen LogP) is 3.26. The molecule has 1 aliphatic carbocycles. The van der Waals surface area contributed by atoms with E-state index in [1.54, 1.807) is 18.3 Å². The van der Waals surface area contributed by atoms with Crippen LogP contribution in [0.4, 0.5) is 0 Å². The number of nitrogens with zero attached hydrogens (tertiary/aromatic N) is 2. The highest BCUT2D eigenvalue weighted by Gasteiger charge is 2.41. The summed E-state index contributed by atoms with van der Waals surface area (Å²) in [4.78, 5) is 19.2. The fourth-order valence-electron chi connectivity index (χ4n) is 3.02. The molecule has 0 aromatic carbocycles. The number of hydrogen-bond donors (Lipinski definition) is 1. The zero-order valence-electron chi connectivity index (χ0n) is 12.5. The van der Waals surface area contributed by atoms with Gasteiger partial charge in [-0.3, -0.25) is 4.79 Å². The maximum Gasteiger partial charge on any atom is 0.253 e. The van der Waals surface area contributed by atoms with Gasteiger partial charge in [0.2, 0.25) is 5.89 Å². The highest BCUT2D eigenvalue weighted by molar-refractivity contribution is 7.12. The third kappa shape index (κ3) is 2.60. The fraction of sp³-hybridized carbons (Fsp3) is 0.533. The van der Waals surface area contributed by atoms with Gasteiger partial charge in [0, 0.05) is 16.7 Å². The Morgan fingerprint density at radius 3 is 2.57 bits per heavy atom. The molecule has 2 heterocycles. The average Bonchev–Trinajstić information content (AvgIpc) is 3.11. The Balaban J connectivity index is 1.89. The smallest absolute Gasteiger partial charge is 0.253 e. The molecule has 112 valence electrons. The van der Waals surface area contributed by atoms with Gasteiger partial charge in [-0.25, -0.2) is 0 Å². The first kappa shape index (κ1) is 14.3. The van der Waals surface area contributed by atoms with Crippen molar-refractivity contribution >= 4 is 17.2 Å². The van der Waals surface area contributed by atoms with Crippen LogP contribution in [-0.4, -0.2) is 16.0 Å². The summed E-state index contributed by atoms with van der Waals surface area (Å²) in [5, 5.41) is 7.22. The van der Waals surface area contributed by atoms with Gasteiger partial charge >= 0.3 is 0 Å². The Morgan fingerprint density at radius 2 is 2.05 bits per heavy atom. The van der Waals surface area contributed by atoms with E-state index in [9.17, 15) is 4.79 Å². The molecule has 1 fully saturated rings. The van der Waals surface area contributed by atoms with E-state index < -0.39 is 5.54 Å². The minimum atomic E-state index is -0.475. The molecule has 2 aromatic heterocycles. The van der Waals surface area contributed by atoms with Crippen LogP contribution in [0.1, 0.15) is 57.5 Å². The van der Waals surface area contributed by atoms with Crippen molar-refractivity contribution in [2.75, 3.05) is 0 Å². The fourth-order valence-corrected chi connectivity index (χ4v) is 3.94. The van der Waals surface area contributed by atoms with Gasteiger partial charge in [0.05, 0.1) is 5.56 Å². The van der Waals surface area contributed by atoms with Crippen LogP contribution in [0.15, 0.2) is 10.6 Å². The number of carbonyl (C=O) groups excluding carboxylic acids is 1. The maximum atomic E-state index is 12.6. The lowest BCUT2D eigenvalue weighted by Gasteiger charge is -2.26. The summed E-state index contributed by atoms with van der Waals surface area (Å²) in [6.45, 7) is 5.77. The van der Waals surface area contributed by atoms with Crippen molar-refractivity contribution in [3.63, 3.8) is 0 Å². The summed E-state index contributed by atoms with van der Waals surface area (Å²) in [5.41, 5.74) is 0.279. The van der Waals surface area contributed by atoms with Gasteiger partial charge in [-0.1, -0.05) is 18.0 Å². The molecule has 0 bridgehead atoms. The molecular weight excluding hydrogens is 286 g/mol. The largest absolute Gasteiger partial charge is 0.340 e. The Kier molecular flexibility index (Phi) is 3.57. The Hall–Kier alpha value is -1.69. The maximum absolute atomic E-state index is 12.6. The van der Waals surface area contributed by atoms with Crippen molar-refractivity contribution in [1.82, 2.24) is 15.5 Å². The van der Waals surface area contributed by atoms with Crippen molar-refractivity contribution in [1.29, 1.82) is 0 Å². The molecule has 1 aliphatic rings. The van der Waals surface area contributed by atoms with Crippen LogP contribution in [0, 0.1) is 20.8 Å². The van der Waals surface area contributed by atoms with Crippen LogP contribution in [0.5, 0.6) is 0 Å². The number of carbonyl (C=O) groups is 1. The van der Waals surface area contributed by atoms with E-state index >= 15 is 0 Å². The van der Waals surface area contributed by atoms with Crippen LogP contribution >= 0.6 is 11.3 Å². The standard InChI is InChI=1S/C15H19N3O2S/c1-9-8-12(10(2)21-9)13(19)17-15(6-4-5-7-15)14-16-11(3)20-18-14/h8H,4-7H2,1-3H3,(H,17,19). The highest BCUT2D eigenvalue weighted by atomic mass is 32.1. The first-order valence-corrected chi connectivity index (χ1v) is 8.02. The molecule has 0 atom stereocenters. The number of aromatic nitrogens is 2. The van der Waals surface area contributed by atoms with Crippen molar-refractivity contribution in [2.24, 2.45) is 0 Å². The van der Waals surface area contributed by atoms with E-state index in [2.05, 4.69) is 15.5 Å². The second-order valence-corrected chi connectivity index (χ2v) is 7.17. The molecule has 0 radical (unpaired) electrons. The minimum Gasteiger partial charge on any atom is -0.340 e. The topological polar surface area (TPSA) is 68.0 Å². The number of hydrogen-bond acceptors (Lipinski definition) is 5. The van der Waals surface area contributed by atoms with Gasteiger partial charge < -0.3 is 9.84 Å².